The third kappa shape index (κ3) is 2.15. The van der Waals surface area contributed by atoms with Crippen molar-refractivity contribution in [1.82, 2.24) is 5.32 Å². The van der Waals surface area contributed by atoms with Gasteiger partial charge in [0.15, 0.2) is 0 Å². The Hall–Kier alpha value is -1.58. The molecule has 2 N–H and O–H groups in total. The van der Waals surface area contributed by atoms with Crippen LogP contribution in [0.5, 0.6) is 5.75 Å². The summed E-state index contributed by atoms with van der Waals surface area (Å²) >= 11 is 0. The van der Waals surface area contributed by atoms with Crippen molar-refractivity contribution in [2.24, 2.45) is 5.92 Å². The number of phenolic OH excluding ortho intramolecular Hbond substituents is 1. The summed E-state index contributed by atoms with van der Waals surface area (Å²) in [7, 11) is 0. The van der Waals surface area contributed by atoms with Crippen LogP contribution in [-0.4, -0.2) is 17.1 Å². The Labute approximate surface area is 93.3 Å². The summed E-state index contributed by atoms with van der Waals surface area (Å²) in [5, 5.41) is 12.2. The summed E-state index contributed by atoms with van der Waals surface area (Å²) in [6.45, 7) is 2.08. The Morgan fingerprint density at radius 3 is 2.94 bits per heavy atom. The molecule has 0 saturated heterocycles. The second kappa shape index (κ2) is 4.12. The fourth-order valence-corrected chi connectivity index (χ4v) is 1.82. The van der Waals surface area contributed by atoms with Crippen LogP contribution in [0.3, 0.4) is 0 Å². The Balaban J connectivity index is 2.04. The molecule has 3 nitrogen and oxygen atoms in total. The van der Waals surface area contributed by atoms with Crippen LogP contribution < -0.4 is 5.32 Å². The molecule has 0 aromatic heterocycles. The number of phenols is 1. The first-order valence-corrected chi connectivity index (χ1v) is 5.41. The predicted molar refractivity (Wildman–Crippen MR) is 57.7 cm³/mol. The third-order valence-corrected chi connectivity index (χ3v) is 2.97. The van der Waals surface area contributed by atoms with Gasteiger partial charge in [-0.3, -0.25) is 4.79 Å². The number of carbonyl (C=O) groups excluding carboxylic acids is 1. The molecular formula is C12H14FNO2. The van der Waals surface area contributed by atoms with E-state index in [-0.39, 0.29) is 23.3 Å². The zero-order valence-corrected chi connectivity index (χ0v) is 9.03. The quantitative estimate of drug-likeness (QED) is 0.824. The van der Waals surface area contributed by atoms with Gasteiger partial charge in [0.05, 0.1) is 5.56 Å². The number of rotatable bonds is 3. The first-order valence-electron chi connectivity index (χ1n) is 5.41. The SMILES string of the molecule is CCC1CC1NC(=O)c1ccc(F)cc1O. The Bertz CT molecular complexity index is 419. The maximum Gasteiger partial charge on any atom is 0.255 e. The maximum absolute atomic E-state index is 12.7. The normalized spacial score (nSPS) is 22.9. The molecule has 86 valence electrons. The molecule has 1 saturated carbocycles. The van der Waals surface area contributed by atoms with Gasteiger partial charge in [0.25, 0.3) is 5.91 Å². The minimum Gasteiger partial charge on any atom is -0.507 e. The summed E-state index contributed by atoms with van der Waals surface area (Å²) in [6, 6.07) is 3.61. The molecule has 0 heterocycles. The van der Waals surface area contributed by atoms with Crippen molar-refractivity contribution in [3.8, 4) is 5.75 Å². The van der Waals surface area contributed by atoms with Crippen molar-refractivity contribution in [1.29, 1.82) is 0 Å². The van der Waals surface area contributed by atoms with E-state index in [1.807, 2.05) is 0 Å². The zero-order chi connectivity index (χ0) is 11.7. The predicted octanol–water partition coefficient (Wildman–Crippen LogP) is 2.06. The minimum absolute atomic E-state index is 0.128. The van der Waals surface area contributed by atoms with Gasteiger partial charge >= 0.3 is 0 Å². The van der Waals surface area contributed by atoms with E-state index in [2.05, 4.69) is 12.2 Å². The second-order valence-corrected chi connectivity index (χ2v) is 4.15. The lowest BCUT2D eigenvalue weighted by Gasteiger charge is -2.06. The summed E-state index contributed by atoms with van der Waals surface area (Å²) in [4.78, 5) is 11.7. The van der Waals surface area contributed by atoms with E-state index in [0.717, 1.165) is 18.9 Å². The highest BCUT2D eigenvalue weighted by Crippen LogP contribution is 2.33. The second-order valence-electron chi connectivity index (χ2n) is 4.15. The molecule has 4 heteroatoms. The topological polar surface area (TPSA) is 49.3 Å². The number of hydrogen-bond acceptors (Lipinski definition) is 2. The van der Waals surface area contributed by atoms with E-state index in [0.29, 0.717) is 5.92 Å². The van der Waals surface area contributed by atoms with E-state index in [1.54, 1.807) is 0 Å². The van der Waals surface area contributed by atoms with Crippen molar-refractivity contribution in [2.45, 2.75) is 25.8 Å². The highest BCUT2D eigenvalue weighted by molar-refractivity contribution is 5.97. The van der Waals surface area contributed by atoms with Gasteiger partial charge in [-0.15, -0.1) is 0 Å². The van der Waals surface area contributed by atoms with Gasteiger partial charge in [0, 0.05) is 12.1 Å². The lowest BCUT2D eigenvalue weighted by atomic mass is 10.2. The Morgan fingerprint density at radius 2 is 2.38 bits per heavy atom. The monoisotopic (exact) mass is 223 g/mol. The fourth-order valence-electron chi connectivity index (χ4n) is 1.82. The van der Waals surface area contributed by atoms with E-state index >= 15 is 0 Å². The number of carbonyl (C=O) groups is 1. The summed E-state index contributed by atoms with van der Waals surface area (Å²) in [5.41, 5.74) is 0.128. The van der Waals surface area contributed by atoms with Crippen molar-refractivity contribution in [3.05, 3.63) is 29.6 Å². The molecule has 1 aromatic rings. The molecule has 1 aliphatic rings. The smallest absolute Gasteiger partial charge is 0.255 e. The molecule has 2 atom stereocenters. The van der Waals surface area contributed by atoms with Crippen molar-refractivity contribution >= 4 is 5.91 Å². The molecule has 0 aliphatic heterocycles. The zero-order valence-electron chi connectivity index (χ0n) is 9.03. The van der Waals surface area contributed by atoms with Gasteiger partial charge in [0.2, 0.25) is 0 Å². The van der Waals surface area contributed by atoms with Gasteiger partial charge < -0.3 is 10.4 Å². The molecule has 16 heavy (non-hydrogen) atoms. The molecule has 1 aliphatic carbocycles. The van der Waals surface area contributed by atoms with E-state index in [9.17, 15) is 14.3 Å². The average Bonchev–Trinajstić information content (AvgIpc) is 2.96. The fraction of sp³-hybridized carbons (Fsp3) is 0.417. The summed E-state index contributed by atoms with van der Waals surface area (Å²) < 4.78 is 12.7. The molecule has 1 aromatic carbocycles. The molecule has 1 amide bonds. The molecule has 0 bridgehead atoms. The van der Waals surface area contributed by atoms with E-state index < -0.39 is 5.82 Å². The van der Waals surface area contributed by atoms with Crippen LogP contribution in [0, 0.1) is 11.7 Å². The lowest BCUT2D eigenvalue weighted by Crippen LogP contribution is -2.26. The van der Waals surface area contributed by atoms with Crippen LogP contribution in [0.4, 0.5) is 4.39 Å². The highest BCUT2D eigenvalue weighted by Gasteiger charge is 2.36. The van der Waals surface area contributed by atoms with Crippen molar-refractivity contribution < 1.29 is 14.3 Å². The standard InChI is InChI=1S/C12H14FNO2/c1-2-7-5-10(7)14-12(16)9-4-3-8(13)6-11(9)15/h3-4,6-7,10,15H,2,5H2,1H3,(H,14,16). The van der Waals surface area contributed by atoms with Crippen LogP contribution in [0.2, 0.25) is 0 Å². The lowest BCUT2D eigenvalue weighted by molar-refractivity contribution is 0.0946. The third-order valence-electron chi connectivity index (χ3n) is 2.97. The van der Waals surface area contributed by atoms with E-state index in [1.165, 1.54) is 12.1 Å². The van der Waals surface area contributed by atoms with E-state index in [4.69, 9.17) is 0 Å². The molecular weight excluding hydrogens is 209 g/mol. The number of benzene rings is 1. The Morgan fingerprint density at radius 1 is 1.62 bits per heavy atom. The molecule has 2 unspecified atom stereocenters. The number of aromatic hydroxyl groups is 1. The number of halogens is 1. The van der Waals surface area contributed by atoms with Crippen LogP contribution in [0.25, 0.3) is 0 Å². The van der Waals surface area contributed by atoms with Crippen LogP contribution in [0.15, 0.2) is 18.2 Å². The molecule has 0 radical (unpaired) electrons. The van der Waals surface area contributed by atoms with Gasteiger partial charge in [0.1, 0.15) is 11.6 Å². The van der Waals surface area contributed by atoms with Gasteiger partial charge in [-0.2, -0.15) is 0 Å². The van der Waals surface area contributed by atoms with Gasteiger partial charge in [-0.25, -0.2) is 4.39 Å². The minimum atomic E-state index is -0.549. The highest BCUT2D eigenvalue weighted by atomic mass is 19.1. The molecule has 1 fully saturated rings. The number of nitrogens with one attached hydrogen (secondary N) is 1. The largest absolute Gasteiger partial charge is 0.507 e. The first-order chi connectivity index (χ1) is 7.61. The van der Waals surface area contributed by atoms with Crippen molar-refractivity contribution in [2.75, 3.05) is 0 Å². The number of amides is 1. The average molecular weight is 223 g/mol. The summed E-state index contributed by atoms with van der Waals surface area (Å²) in [6.07, 6.45) is 2.03. The maximum atomic E-state index is 12.7. The summed E-state index contributed by atoms with van der Waals surface area (Å²) in [5.74, 6) is -0.650. The van der Waals surface area contributed by atoms with Crippen LogP contribution >= 0.6 is 0 Å². The van der Waals surface area contributed by atoms with Crippen molar-refractivity contribution in [3.63, 3.8) is 0 Å². The number of hydrogen-bond donors (Lipinski definition) is 2. The molecule has 2 rings (SSSR count). The first kappa shape index (κ1) is 10.9. The van der Waals surface area contributed by atoms with Gasteiger partial charge in [-0.1, -0.05) is 13.3 Å². The van der Waals surface area contributed by atoms with Gasteiger partial charge in [-0.05, 0) is 24.5 Å². The molecule has 0 spiro atoms. The Kier molecular flexibility index (Phi) is 2.81. The van der Waals surface area contributed by atoms with Crippen LogP contribution in [-0.2, 0) is 0 Å². The van der Waals surface area contributed by atoms with Crippen LogP contribution in [0.1, 0.15) is 30.1 Å².